The summed E-state index contributed by atoms with van der Waals surface area (Å²) in [6.07, 6.45) is 1.83. The number of hydrogen-bond donors (Lipinski definition) is 1. The lowest BCUT2D eigenvalue weighted by atomic mass is 10.2. The zero-order valence-corrected chi connectivity index (χ0v) is 12.1. The molecule has 0 aliphatic carbocycles. The van der Waals surface area contributed by atoms with Gasteiger partial charge in [0.2, 0.25) is 0 Å². The summed E-state index contributed by atoms with van der Waals surface area (Å²) in [6.45, 7) is 5.74. The fourth-order valence-corrected chi connectivity index (χ4v) is 2.08. The average Bonchev–Trinajstić information content (AvgIpc) is 2.48. The van der Waals surface area contributed by atoms with E-state index in [-0.39, 0.29) is 0 Å². The van der Waals surface area contributed by atoms with Gasteiger partial charge in [-0.25, -0.2) is 0 Å². The van der Waals surface area contributed by atoms with Gasteiger partial charge in [-0.05, 0) is 23.3 Å². The molecule has 1 N–H and O–H groups in total. The predicted molar refractivity (Wildman–Crippen MR) is 84.1 cm³/mol. The van der Waals surface area contributed by atoms with E-state index in [9.17, 15) is 0 Å². The number of rotatable bonds is 7. The zero-order chi connectivity index (χ0) is 14.2. The normalized spacial score (nSPS) is 10.2. The van der Waals surface area contributed by atoms with E-state index < -0.39 is 0 Å². The molecular weight excluding hydrogens is 270 g/mol. The van der Waals surface area contributed by atoms with Crippen LogP contribution >= 0.6 is 11.6 Å². The van der Waals surface area contributed by atoms with E-state index in [0.29, 0.717) is 17.4 Å². The Morgan fingerprint density at radius 3 is 2.60 bits per heavy atom. The first-order chi connectivity index (χ1) is 9.79. The van der Waals surface area contributed by atoms with Crippen molar-refractivity contribution in [1.82, 2.24) is 5.32 Å². The lowest BCUT2D eigenvalue weighted by Gasteiger charge is -2.10. The second kappa shape index (κ2) is 7.73. The van der Waals surface area contributed by atoms with Crippen LogP contribution in [0.3, 0.4) is 0 Å². The number of ether oxygens (including phenoxy) is 1. The van der Waals surface area contributed by atoms with E-state index in [0.717, 1.165) is 24.2 Å². The van der Waals surface area contributed by atoms with Gasteiger partial charge >= 0.3 is 0 Å². The van der Waals surface area contributed by atoms with Crippen molar-refractivity contribution in [2.75, 3.05) is 6.54 Å². The van der Waals surface area contributed by atoms with Gasteiger partial charge in [0.05, 0.1) is 5.02 Å². The van der Waals surface area contributed by atoms with Gasteiger partial charge in [0.1, 0.15) is 12.4 Å². The van der Waals surface area contributed by atoms with E-state index in [4.69, 9.17) is 16.3 Å². The Morgan fingerprint density at radius 1 is 1.10 bits per heavy atom. The summed E-state index contributed by atoms with van der Waals surface area (Å²) in [7, 11) is 0. The molecule has 20 heavy (non-hydrogen) atoms. The van der Waals surface area contributed by atoms with Crippen LogP contribution in [0.5, 0.6) is 5.75 Å². The van der Waals surface area contributed by atoms with E-state index in [2.05, 4.69) is 11.9 Å². The Morgan fingerprint density at radius 2 is 1.90 bits per heavy atom. The molecule has 0 aliphatic rings. The molecule has 2 nitrogen and oxygen atoms in total. The van der Waals surface area contributed by atoms with Crippen LogP contribution in [0, 0.1) is 0 Å². The Kier molecular flexibility index (Phi) is 5.66. The van der Waals surface area contributed by atoms with Crippen LogP contribution in [-0.4, -0.2) is 6.54 Å². The van der Waals surface area contributed by atoms with Gasteiger partial charge in [-0.3, -0.25) is 0 Å². The molecule has 0 bridgehead atoms. The maximum Gasteiger partial charge on any atom is 0.138 e. The van der Waals surface area contributed by atoms with Crippen LogP contribution in [0.15, 0.2) is 61.2 Å². The third-order valence-corrected chi connectivity index (χ3v) is 3.15. The molecule has 2 aromatic carbocycles. The maximum absolute atomic E-state index is 6.24. The van der Waals surface area contributed by atoms with E-state index >= 15 is 0 Å². The lowest BCUT2D eigenvalue weighted by molar-refractivity contribution is 0.306. The van der Waals surface area contributed by atoms with Crippen molar-refractivity contribution in [2.24, 2.45) is 0 Å². The molecular formula is C17H18ClNO. The summed E-state index contributed by atoms with van der Waals surface area (Å²) in [5.41, 5.74) is 2.25. The Hall–Kier alpha value is -1.77. The van der Waals surface area contributed by atoms with E-state index in [1.807, 2.05) is 54.6 Å². The predicted octanol–water partition coefficient (Wildman–Crippen LogP) is 4.19. The molecule has 0 aromatic heterocycles. The summed E-state index contributed by atoms with van der Waals surface area (Å²) in [5.74, 6) is 0.711. The first kappa shape index (κ1) is 14.6. The highest BCUT2D eigenvalue weighted by Gasteiger charge is 2.03. The average molecular weight is 288 g/mol. The molecule has 0 radical (unpaired) electrons. The molecule has 0 spiro atoms. The fourth-order valence-electron chi connectivity index (χ4n) is 1.83. The van der Waals surface area contributed by atoms with Gasteiger partial charge < -0.3 is 10.1 Å². The summed E-state index contributed by atoms with van der Waals surface area (Å²) < 4.78 is 5.73. The van der Waals surface area contributed by atoms with Gasteiger partial charge in [0, 0.05) is 13.1 Å². The Bertz CT molecular complexity index is 554. The molecule has 3 heteroatoms. The second-order valence-corrected chi connectivity index (χ2v) is 4.87. The zero-order valence-electron chi connectivity index (χ0n) is 11.3. The van der Waals surface area contributed by atoms with Gasteiger partial charge in [-0.1, -0.05) is 54.1 Å². The second-order valence-electron chi connectivity index (χ2n) is 4.46. The SMILES string of the molecule is C=CCNCc1ccc(OCc2ccccc2)c(Cl)c1. The van der Waals surface area contributed by atoms with Crippen LogP contribution in [-0.2, 0) is 13.2 Å². The molecule has 0 aliphatic heterocycles. The quantitative estimate of drug-likeness (QED) is 0.609. The smallest absolute Gasteiger partial charge is 0.138 e. The Balaban J connectivity index is 1.94. The highest BCUT2D eigenvalue weighted by atomic mass is 35.5. The molecule has 0 heterocycles. The van der Waals surface area contributed by atoms with Crippen molar-refractivity contribution >= 4 is 11.6 Å². The van der Waals surface area contributed by atoms with Crippen molar-refractivity contribution < 1.29 is 4.74 Å². The van der Waals surface area contributed by atoms with Crippen LogP contribution in [0.1, 0.15) is 11.1 Å². The molecule has 2 aromatic rings. The lowest BCUT2D eigenvalue weighted by Crippen LogP contribution is -2.12. The van der Waals surface area contributed by atoms with Gasteiger partial charge in [-0.2, -0.15) is 0 Å². The number of halogens is 1. The number of hydrogen-bond acceptors (Lipinski definition) is 2. The topological polar surface area (TPSA) is 21.3 Å². The van der Waals surface area contributed by atoms with E-state index in [1.165, 1.54) is 0 Å². The van der Waals surface area contributed by atoms with Crippen molar-refractivity contribution in [1.29, 1.82) is 0 Å². The number of benzene rings is 2. The largest absolute Gasteiger partial charge is 0.487 e. The molecule has 0 saturated heterocycles. The minimum atomic E-state index is 0.522. The van der Waals surface area contributed by atoms with Gasteiger partial charge in [0.25, 0.3) is 0 Å². The van der Waals surface area contributed by atoms with Crippen LogP contribution in [0.2, 0.25) is 5.02 Å². The third-order valence-electron chi connectivity index (χ3n) is 2.85. The molecule has 0 atom stereocenters. The van der Waals surface area contributed by atoms with Gasteiger partial charge in [0.15, 0.2) is 0 Å². The fraction of sp³-hybridized carbons (Fsp3) is 0.176. The summed E-state index contributed by atoms with van der Waals surface area (Å²) in [4.78, 5) is 0. The summed E-state index contributed by atoms with van der Waals surface area (Å²) >= 11 is 6.24. The molecule has 104 valence electrons. The summed E-state index contributed by atoms with van der Waals surface area (Å²) in [5, 5.41) is 3.88. The number of nitrogens with one attached hydrogen (secondary N) is 1. The van der Waals surface area contributed by atoms with Crippen molar-refractivity contribution in [3.8, 4) is 5.75 Å². The van der Waals surface area contributed by atoms with E-state index in [1.54, 1.807) is 0 Å². The molecule has 0 saturated carbocycles. The first-order valence-corrected chi connectivity index (χ1v) is 6.94. The third kappa shape index (κ3) is 4.41. The highest BCUT2D eigenvalue weighted by Crippen LogP contribution is 2.26. The molecule has 0 amide bonds. The Labute approximate surface area is 125 Å². The standard InChI is InChI=1S/C17H18ClNO/c1-2-10-19-12-15-8-9-17(16(18)11-15)20-13-14-6-4-3-5-7-14/h2-9,11,19H,1,10,12-13H2. The minimum Gasteiger partial charge on any atom is -0.487 e. The summed E-state index contributed by atoms with van der Waals surface area (Å²) in [6, 6.07) is 15.9. The molecule has 0 fully saturated rings. The van der Waals surface area contributed by atoms with Crippen LogP contribution in [0.25, 0.3) is 0 Å². The highest BCUT2D eigenvalue weighted by molar-refractivity contribution is 6.32. The van der Waals surface area contributed by atoms with Crippen molar-refractivity contribution in [3.63, 3.8) is 0 Å². The van der Waals surface area contributed by atoms with Crippen LogP contribution < -0.4 is 10.1 Å². The maximum atomic E-state index is 6.24. The molecule has 2 rings (SSSR count). The van der Waals surface area contributed by atoms with Gasteiger partial charge in [-0.15, -0.1) is 6.58 Å². The van der Waals surface area contributed by atoms with Crippen molar-refractivity contribution in [2.45, 2.75) is 13.2 Å². The van der Waals surface area contributed by atoms with Crippen molar-refractivity contribution in [3.05, 3.63) is 77.3 Å². The van der Waals surface area contributed by atoms with Crippen LogP contribution in [0.4, 0.5) is 0 Å². The monoisotopic (exact) mass is 287 g/mol. The molecule has 0 unspecified atom stereocenters. The first-order valence-electron chi connectivity index (χ1n) is 6.56. The minimum absolute atomic E-state index is 0.522.